The second-order valence-electron chi connectivity index (χ2n) is 6.60. The molecule has 6 heteroatoms. The van der Waals surface area contributed by atoms with Gasteiger partial charge in [0.25, 0.3) is 0 Å². The molecule has 4 nitrogen and oxygen atoms in total. The predicted molar refractivity (Wildman–Crippen MR) is 120 cm³/mol. The summed E-state index contributed by atoms with van der Waals surface area (Å²) in [5, 5.41) is 6.18. The van der Waals surface area contributed by atoms with Crippen LogP contribution in [-0.2, 0) is 9.59 Å². The number of rotatable bonds is 6. The summed E-state index contributed by atoms with van der Waals surface area (Å²) in [5.74, 6) is -1.05. The van der Waals surface area contributed by atoms with Crippen LogP contribution in [0.3, 0.4) is 0 Å². The Morgan fingerprint density at radius 1 is 0.862 bits per heavy atom. The number of benzene rings is 3. The Bertz CT molecular complexity index is 957. The molecule has 0 aliphatic heterocycles. The molecule has 0 aliphatic carbocycles. The Morgan fingerprint density at radius 2 is 1.41 bits per heavy atom. The first-order chi connectivity index (χ1) is 14.0. The normalized spacial score (nSPS) is 11.7. The first kappa shape index (κ1) is 21.1. The van der Waals surface area contributed by atoms with Crippen LogP contribution in [0.5, 0.6) is 0 Å². The first-order valence-corrected chi connectivity index (χ1v) is 10.3. The number of amides is 2. The van der Waals surface area contributed by atoms with Crippen molar-refractivity contribution in [2.24, 2.45) is 0 Å². The third-order valence-corrected chi connectivity index (χ3v) is 5.68. The van der Waals surface area contributed by atoms with Crippen molar-refractivity contribution in [1.82, 2.24) is 5.32 Å². The Labute approximate surface area is 183 Å². The molecule has 0 aliphatic rings. The topological polar surface area (TPSA) is 58.2 Å². The maximum absolute atomic E-state index is 13.1. The van der Waals surface area contributed by atoms with Crippen molar-refractivity contribution in [1.29, 1.82) is 0 Å². The van der Waals surface area contributed by atoms with Crippen LogP contribution in [-0.4, -0.2) is 17.9 Å². The van der Waals surface area contributed by atoms with E-state index in [0.29, 0.717) is 15.2 Å². The average Bonchev–Trinajstić information content (AvgIpc) is 2.72. The maximum atomic E-state index is 13.1. The molecule has 3 aromatic carbocycles. The van der Waals surface area contributed by atoms with Crippen LogP contribution >= 0.6 is 27.5 Å². The lowest BCUT2D eigenvalue weighted by Crippen LogP contribution is -2.43. The Hall–Kier alpha value is -2.63. The van der Waals surface area contributed by atoms with Gasteiger partial charge in [0.2, 0.25) is 11.8 Å². The average molecular weight is 472 g/mol. The van der Waals surface area contributed by atoms with Gasteiger partial charge in [-0.25, -0.2) is 0 Å². The van der Waals surface area contributed by atoms with Crippen LogP contribution in [0.2, 0.25) is 5.02 Å². The standard InChI is InChI=1S/C23H20BrClN2O2/c1-15(22(28)27-18-12-13-20(25)19(24)14-18)26-23(29)21(16-8-4-2-5-9-16)17-10-6-3-7-11-17/h2-15,21H,1H3,(H,26,29)(H,27,28)/t15-/m0/s1. The fraction of sp³-hybridized carbons (Fsp3) is 0.130. The Kier molecular flexibility index (Phi) is 7.07. The van der Waals surface area contributed by atoms with E-state index in [0.717, 1.165) is 11.1 Å². The molecular weight excluding hydrogens is 452 g/mol. The molecule has 0 unspecified atom stereocenters. The van der Waals surface area contributed by atoms with E-state index in [1.807, 2.05) is 60.7 Å². The molecule has 3 rings (SSSR count). The number of carbonyl (C=O) groups excluding carboxylic acids is 2. The largest absolute Gasteiger partial charge is 0.344 e. The van der Waals surface area contributed by atoms with E-state index in [4.69, 9.17) is 11.6 Å². The molecule has 1 atom stereocenters. The van der Waals surface area contributed by atoms with Gasteiger partial charge in [-0.15, -0.1) is 0 Å². The lowest BCUT2D eigenvalue weighted by molar-refractivity contribution is -0.126. The van der Waals surface area contributed by atoms with Crippen molar-refractivity contribution < 1.29 is 9.59 Å². The van der Waals surface area contributed by atoms with Crippen molar-refractivity contribution in [3.63, 3.8) is 0 Å². The highest BCUT2D eigenvalue weighted by atomic mass is 79.9. The molecule has 0 radical (unpaired) electrons. The van der Waals surface area contributed by atoms with Gasteiger partial charge in [-0.2, -0.15) is 0 Å². The quantitative estimate of drug-likeness (QED) is 0.507. The third-order valence-electron chi connectivity index (χ3n) is 4.47. The third kappa shape index (κ3) is 5.46. The number of carbonyl (C=O) groups is 2. The highest BCUT2D eigenvalue weighted by Gasteiger charge is 2.25. The van der Waals surface area contributed by atoms with E-state index in [1.165, 1.54) is 0 Å². The zero-order chi connectivity index (χ0) is 20.8. The number of anilines is 1. The monoisotopic (exact) mass is 470 g/mol. The predicted octanol–water partition coefficient (Wildman–Crippen LogP) is 5.38. The van der Waals surface area contributed by atoms with E-state index in [1.54, 1.807) is 25.1 Å². The van der Waals surface area contributed by atoms with E-state index in [-0.39, 0.29) is 11.8 Å². The highest BCUT2D eigenvalue weighted by molar-refractivity contribution is 9.10. The zero-order valence-corrected chi connectivity index (χ0v) is 18.1. The van der Waals surface area contributed by atoms with E-state index >= 15 is 0 Å². The van der Waals surface area contributed by atoms with Gasteiger partial charge >= 0.3 is 0 Å². The van der Waals surface area contributed by atoms with Gasteiger partial charge in [-0.1, -0.05) is 72.3 Å². The first-order valence-electron chi connectivity index (χ1n) is 9.12. The highest BCUT2D eigenvalue weighted by Crippen LogP contribution is 2.26. The second kappa shape index (κ2) is 9.72. The van der Waals surface area contributed by atoms with Gasteiger partial charge in [0.15, 0.2) is 0 Å². The van der Waals surface area contributed by atoms with E-state index in [2.05, 4.69) is 26.6 Å². The minimum atomic E-state index is -0.716. The van der Waals surface area contributed by atoms with Gasteiger partial charge < -0.3 is 10.6 Å². The van der Waals surface area contributed by atoms with Gasteiger partial charge in [0.05, 0.1) is 10.9 Å². The molecule has 0 saturated heterocycles. The van der Waals surface area contributed by atoms with Crippen molar-refractivity contribution in [3.05, 3.63) is 99.5 Å². The molecule has 0 heterocycles. The summed E-state index contributed by atoms with van der Waals surface area (Å²) in [6, 6.07) is 23.4. The molecule has 3 aromatic rings. The summed E-state index contributed by atoms with van der Waals surface area (Å²) in [5.41, 5.74) is 2.32. The number of hydrogen-bond donors (Lipinski definition) is 2. The summed E-state index contributed by atoms with van der Waals surface area (Å²) in [7, 11) is 0. The molecule has 0 spiro atoms. The SMILES string of the molecule is C[C@H](NC(=O)C(c1ccccc1)c1ccccc1)C(=O)Nc1ccc(Cl)c(Br)c1. The molecule has 0 fully saturated rings. The van der Waals surface area contributed by atoms with Crippen molar-refractivity contribution in [3.8, 4) is 0 Å². The van der Waals surface area contributed by atoms with Gasteiger partial charge in [0.1, 0.15) is 6.04 Å². The van der Waals surface area contributed by atoms with Crippen LogP contribution < -0.4 is 10.6 Å². The van der Waals surface area contributed by atoms with Crippen LogP contribution in [0.4, 0.5) is 5.69 Å². The number of nitrogens with one attached hydrogen (secondary N) is 2. The summed E-state index contributed by atoms with van der Waals surface area (Å²) in [6.07, 6.45) is 0. The fourth-order valence-corrected chi connectivity index (χ4v) is 3.47. The molecule has 29 heavy (non-hydrogen) atoms. The molecular formula is C23H20BrClN2O2. The molecule has 148 valence electrons. The van der Waals surface area contributed by atoms with Crippen LogP contribution in [0, 0.1) is 0 Å². The van der Waals surface area contributed by atoms with Crippen LogP contribution in [0.1, 0.15) is 24.0 Å². The van der Waals surface area contributed by atoms with Crippen molar-refractivity contribution >= 4 is 45.0 Å². The minimum Gasteiger partial charge on any atom is -0.344 e. The summed E-state index contributed by atoms with van der Waals surface area (Å²) in [4.78, 5) is 25.7. The molecule has 0 aromatic heterocycles. The van der Waals surface area contributed by atoms with Crippen LogP contribution in [0.25, 0.3) is 0 Å². The van der Waals surface area contributed by atoms with Gasteiger partial charge in [-0.05, 0) is 52.2 Å². The Morgan fingerprint density at radius 3 is 1.93 bits per heavy atom. The zero-order valence-electron chi connectivity index (χ0n) is 15.7. The van der Waals surface area contributed by atoms with E-state index in [9.17, 15) is 9.59 Å². The maximum Gasteiger partial charge on any atom is 0.246 e. The van der Waals surface area contributed by atoms with Crippen molar-refractivity contribution in [2.75, 3.05) is 5.32 Å². The van der Waals surface area contributed by atoms with Gasteiger partial charge in [-0.3, -0.25) is 9.59 Å². The molecule has 0 saturated carbocycles. The second-order valence-corrected chi connectivity index (χ2v) is 7.86. The minimum absolute atomic E-state index is 0.234. The molecule has 2 amide bonds. The van der Waals surface area contributed by atoms with Crippen molar-refractivity contribution in [2.45, 2.75) is 18.9 Å². The smallest absolute Gasteiger partial charge is 0.246 e. The summed E-state index contributed by atoms with van der Waals surface area (Å²) in [6.45, 7) is 1.66. The van der Waals surface area contributed by atoms with Crippen LogP contribution in [0.15, 0.2) is 83.3 Å². The fourth-order valence-electron chi connectivity index (χ4n) is 2.97. The lowest BCUT2D eigenvalue weighted by atomic mass is 9.90. The summed E-state index contributed by atoms with van der Waals surface area (Å²) < 4.78 is 0.682. The number of halogens is 2. The van der Waals surface area contributed by atoms with E-state index < -0.39 is 12.0 Å². The number of hydrogen-bond acceptors (Lipinski definition) is 2. The molecule has 0 bridgehead atoms. The van der Waals surface area contributed by atoms with Gasteiger partial charge in [0, 0.05) is 10.2 Å². The lowest BCUT2D eigenvalue weighted by Gasteiger charge is -2.21. The molecule has 2 N–H and O–H groups in total. The summed E-state index contributed by atoms with van der Waals surface area (Å²) >= 11 is 9.31. The Balaban J connectivity index is 1.74.